The van der Waals surface area contributed by atoms with Crippen molar-refractivity contribution in [3.05, 3.63) is 66.2 Å². The summed E-state index contributed by atoms with van der Waals surface area (Å²) < 4.78 is 0. The van der Waals surface area contributed by atoms with Gasteiger partial charge in [0.25, 0.3) is 0 Å². The van der Waals surface area contributed by atoms with Crippen LogP contribution >= 0.6 is 0 Å². The van der Waals surface area contributed by atoms with E-state index in [1.807, 2.05) is 0 Å². The molecule has 0 N–H and O–H groups in total. The van der Waals surface area contributed by atoms with E-state index in [0.29, 0.717) is 0 Å². The van der Waals surface area contributed by atoms with Crippen LogP contribution < -0.4 is 0 Å². The molecule has 3 aromatic rings. The van der Waals surface area contributed by atoms with E-state index in [9.17, 15) is 0 Å². The van der Waals surface area contributed by atoms with Gasteiger partial charge < -0.3 is 0 Å². The molecule has 0 bridgehead atoms. The first kappa shape index (κ1) is 11.7. The summed E-state index contributed by atoms with van der Waals surface area (Å²) in [5.74, 6) is 0. The van der Waals surface area contributed by atoms with Gasteiger partial charge in [0.15, 0.2) is 0 Å². The van der Waals surface area contributed by atoms with Crippen molar-refractivity contribution >= 4 is 27.1 Å². The van der Waals surface area contributed by atoms with Crippen LogP contribution in [-0.2, 0) is 0 Å². The van der Waals surface area contributed by atoms with Crippen LogP contribution in [0.1, 0.15) is 31.2 Å². The monoisotopic (exact) mass is 258 g/mol. The zero-order valence-electron chi connectivity index (χ0n) is 11.6. The summed E-state index contributed by atoms with van der Waals surface area (Å²) >= 11 is 0. The standard InChI is InChI=1S/C20H18/c1-2-8-15(9-3-1)20-14-16-10-4-5-11-17(16)18-12-6-7-13-19(18)20/h4-8,10-14H,1-3,9H2. The van der Waals surface area contributed by atoms with E-state index in [4.69, 9.17) is 0 Å². The average Bonchev–Trinajstić information content (AvgIpc) is 2.55. The Morgan fingerprint density at radius 2 is 1.45 bits per heavy atom. The Balaban J connectivity index is 2.10. The Hall–Kier alpha value is -2.08. The van der Waals surface area contributed by atoms with Crippen molar-refractivity contribution in [2.24, 2.45) is 0 Å². The predicted octanol–water partition coefficient (Wildman–Crippen LogP) is 5.95. The van der Waals surface area contributed by atoms with Gasteiger partial charge in [0, 0.05) is 0 Å². The van der Waals surface area contributed by atoms with Crippen LogP contribution in [0.4, 0.5) is 0 Å². The molecule has 98 valence electrons. The van der Waals surface area contributed by atoms with Crippen molar-refractivity contribution in [1.29, 1.82) is 0 Å². The maximum atomic E-state index is 2.44. The normalized spacial score (nSPS) is 15.5. The molecule has 20 heavy (non-hydrogen) atoms. The number of hydrogen-bond acceptors (Lipinski definition) is 0. The topological polar surface area (TPSA) is 0 Å². The third-order valence-electron chi connectivity index (χ3n) is 4.40. The summed E-state index contributed by atoms with van der Waals surface area (Å²) in [7, 11) is 0. The van der Waals surface area contributed by atoms with Crippen molar-refractivity contribution in [2.45, 2.75) is 25.7 Å². The number of rotatable bonds is 1. The summed E-state index contributed by atoms with van der Waals surface area (Å²) in [6.07, 6.45) is 7.57. The van der Waals surface area contributed by atoms with E-state index < -0.39 is 0 Å². The summed E-state index contributed by atoms with van der Waals surface area (Å²) in [5.41, 5.74) is 2.98. The fraction of sp³-hybridized carbons (Fsp3) is 0.200. The van der Waals surface area contributed by atoms with Gasteiger partial charge in [-0.2, -0.15) is 0 Å². The van der Waals surface area contributed by atoms with Gasteiger partial charge in [-0.1, -0.05) is 54.6 Å². The van der Waals surface area contributed by atoms with Gasteiger partial charge in [0.1, 0.15) is 0 Å². The van der Waals surface area contributed by atoms with E-state index in [1.165, 1.54) is 52.8 Å². The fourth-order valence-electron chi connectivity index (χ4n) is 3.40. The van der Waals surface area contributed by atoms with Crippen LogP contribution in [0.3, 0.4) is 0 Å². The molecule has 0 saturated heterocycles. The molecule has 0 radical (unpaired) electrons. The van der Waals surface area contributed by atoms with Crippen LogP contribution in [0.25, 0.3) is 27.1 Å². The maximum Gasteiger partial charge on any atom is -0.00993 e. The third kappa shape index (κ3) is 1.84. The minimum Gasteiger partial charge on any atom is -0.0807 e. The highest BCUT2D eigenvalue weighted by Crippen LogP contribution is 2.35. The van der Waals surface area contributed by atoms with Crippen molar-refractivity contribution < 1.29 is 0 Å². The molecule has 0 heteroatoms. The van der Waals surface area contributed by atoms with Gasteiger partial charge in [0.05, 0.1) is 0 Å². The second-order valence-corrected chi connectivity index (χ2v) is 5.67. The van der Waals surface area contributed by atoms with Crippen molar-refractivity contribution in [2.75, 3.05) is 0 Å². The van der Waals surface area contributed by atoms with E-state index in [0.717, 1.165) is 0 Å². The molecule has 0 fully saturated rings. The molecular formula is C20H18. The molecule has 0 aromatic heterocycles. The first-order valence-corrected chi connectivity index (χ1v) is 7.53. The summed E-state index contributed by atoms with van der Waals surface area (Å²) in [6.45, 7) is 0. The van der Waals surface area contributed by atoms with Crippen LogP contribution in [0.5, 0.6) is 0 Å². The molecule has 0 amide bonds. The summed E-state index contributed by atoms with van der Waals surface area (Å²) in [4.78, 5) is 0. The maximum absolute atomic E-state index is 2.44. The fourth-order valence-corrected chi connectivity index (χ4v) is 3.40. The molecule has 0 nitrogen and oxygen atoms in total. The third-order valence-corrected chi connectivity index (χ3v) is 4.40. The molecule has 0 atom stereocenters. The highest BCUT2D eigenvalue weighted by atomic mass is 14.2. The smallest absolute Gasteiger partial charge is 0.00993 e. The Labute approximate surface area is 119 Å². The van der Waals surface area contributed by atoms with Gasteiger partial charge in [-0.05, 0) is 64.4 Å². The highest BCUT2D eigenvalue weighted by molar-refractivity contribution is 6.11. The molecule has 0 unspecified atom stereocenters. The molecule has 1 aliphatic carbocycles. The molecule has 0 heterocycles. The van der Waals surface area contributed by atoms with Crippen LogP contribution in [0.2, 0.25) is 0 Å². The van der Waals surface area contributed by atoms with Gasteiger partial charge in [0.2, 0.25) is 0 Å². The molecule has 0 aliphatic heterocycles. The Morgan fingerprint density at radius 3 is 2.25 bits per heavy atom. The highest BCUT2D eigenvalue weighted by Gasteiger charge is 2.11. The van der Waals surface area contributed by atoms with E-state index >= 15 is 0 Å². The van der Waals surface area contributed by atoms with Gasteiger partial charge in [-0.3, -0.25) is 0 Å². The Bertz CT molecular complexity index is 809. The molecular weight excluding hydrogens is 240 g/mol. The number of allylic oxidation sites excluding steroid dienone is 2. The second kappa shape index (κ2) is 4.79. The first-order valence-electron chi connectivity index (χ1n) is 7.53. The Kier molecular flexibility index (Phi) is 2.81. The summed E-state index contributed by atoms with van der Waals surface area (Å²) in [6, 6.07) is 19.9. The van der Waals surface area contributed by atoms with Crippen molar-refractivity contribution in [1.82, 2.24) is 0 Å². The SMILES string of the molecule is C1=C(c2cc3ccccc3c3ccccc23)CCCC1. The zero-order chi connectivity index (χ0) is 13.4. The van der Waals surface area contributed by atoms with E-state index in [-0.39, 0.29) is 0 Å². The quantitative estimate of drug-likeness (QED) is 0.473. The minimum atomic E-state index is 1.22. The van der Waals surface area contributed by atoms with Crippen LogP contribution in [0, 0.1) is 0 Å². The molecule has 1 aliphatic rings. The first-order chi connectivity index (χ1) is 9.93. The number of fused-ring (bicyclic) bond motifs is 3. The molecule has 0 saturated carbocycles. The lowest BCUT2D eigenvalue weighted by atomic mass is 9.88. The predicted molar refractivity (Wildman–Crippen MR) is 87.9 cm³/mol. The van der Waals surface area contributed by atoms with Crippen molar-refractivity contribution in [3.8, 4) is 0 Å². The molecule has 4 rings (SSSR count). The zero-order valence-corrected chi connectivity index (χ0v) is 11.6. The van der Waals surface area contributed by atoms with Gasteiger partial charge >= 0.3 is 0 Å². The van der Waals surface area contributed by atoms with Gasteiger partial charge in [-0.25, -0.2) is 0 Å². The largest absolute Gasteiger partial charge is 0.0807 e. The molecule has 0 spiro atoms. The molecule has 3 aromatic carbocycles. The van der Waals surface area contributed by atoms with E-state index in [2.05, 4.69) is 60.7 Å². The van der Waals surface area contributed by atoms with E-state index in [1.54, 1.807) is 5.57 Å². The Morgan fingerprint density at radius 1 is 0.700 bits per heavy atom. The van der Waals surface area contributed by atoms with Crippen LogP contribution in [0.15, 0.2) is 60.7 Å². The minimum absolute atomic E-state index is 1.22. The lowest BCUT2D eigenvalue weighted by Crippen LogP contribution is -1.93. The average molecular weight is 258 g/mol. The van der Waals surface area contributed by atoms with Crippen molar-refractivity contribution in [3.63, 3.8) is 0 Å². The van der Waals surface area contributed by atoms with Crippen LogP contribution in [-0.4, -0.2) is 0 Å². The number of benzene rings is 3. The summed E-state index contributed by atoms with van der Waals surface area (Å²) in [5, 5.41) is 5.50. The van der Waals surface area contributed by atoms with Gasteiger partial charge in [-0.15, -0.1) is 0 Å². The second-order valence-electron chi connectivity index (χ2n) is 5.67. The lowest BCUT2D eigenvalue weighted by Gasteiger charge is -2.16. The number of hydrogen-bond donors (Lipinski definition) is 0. The lowest BCUT2D eigenvalue weighted by molar-refractivity contribution is 0.742.